The van der Waals surface area contributed by atoms with Gasteiger partial charge in [-0.05, 0) is 17.9 Å². The fourth-order valence-electron chi connectivity index (χ4n) is 1.59. The van der Waals surface area contributed by atoms with E-state index < -0.39 is 0 Å². The summed E-state index contributed by atoms with van der Waals surface area (Å²) in [6.45, 7) is 5.07. The molecule has 0 aliphatic rings. The fourth-order valence-corrected chi connectivity index (χ4v) is 1.59. The first-order valence-corrected chi connectivity index (χ1v) is 5.70. The molecule has 0 fully saturated rings. The van der Waals surface area contributed by atoms with Crippen LogP contribution in [0.2, 0.25) is 0 Å². The van der Waals surface area contributed by atoms with E-state index in [1.54, 1.807) is 0 Å². The molecular weight excluding hydrogens is 186 g/mol. The topological polar surface area (TPSA) is 32.3 Å². The van der Waals surface area contributed by atoms with Crippen LogP contribution >= 0.6 is 0 Å². The summed E-state index contributed by atoms with van der Waals surface area (Å²) in [4.78, 5) is 0. The first kappa shape index (κ1) is 12.2. The molecule has 2 heteroatoms. The molecule has 15 heavy (non-hydrogen) atoms. The van der Waals surface area contributed by atoms with Crippen LogP contribution in [0.4, 0.5) is 0 Å². The van der Waals surface area contributed by atoms with Crippen LogP contribution < -0.4 is 5.32 Å². The summed E-state index contributed by atoms with van der Waals surface area (Å²) in [6, 6.07) is 10.4. The standard InChI is InChI=1S/C13H21NO/c1-3-7-13(15)14-10-11(2)12-8-5-4-6-9-12/h4-6,8-9,11,13-15H,3,7,10H2,1-2H3. The van der Waals surface area contributed by atoms with Crippen molar-refractivity contribution in [1.82, 2.24) is 5.32 Å². The Morgan fingerprint density at radius 3 is 2.53 bits per heavy atom. The van der Waals surface area contributed by atoms with Crippen molar-refractivity contribution in [3.8, 4) is 0 Å². The predicted octanol–water partition coefficient (Wildman–Crippen LogP) is 2.50. The molecule has 0 amide bonds. The van der Waals surface area contributed by atoms with Gasteiger partial charge in [-0.3, -0.25) is 5.32 Å². The molecule has 0 saturated carbocycles. The van der Waals surface area contributed by atoms with Crippen molar-refractivity contribution in [2.75, 3.05) is 6.54 Å². The smallest absolute Gasteiger partial charge is 0.104 e. The molecule has 0 aromatic heterocycles. The summed E-state index contributed by atoms with van der Waals surface area (Å²) in [7, 11) is 0. The van der Waals surface area contributed by atoms with E-state index in [1.807, 2.05) is 18.2 Å². The Morgan fingerprint density at radius 1 is 1.27 bits per heavy atom. The molecule has 1 aromatic carbocycles. The molecule has 2 nitrogen and oxygen atoms in total. The summed E-state index contributed by atoms with van der Waals surface area (Å²) in [5, 5.41) is 12.7. The SMILES string of the molecule is CCCC(O)NCC(C)c1ccccc1. The second-order valence-corrected chi connectivity index (χ2v) is 4.02. The monoisotopic (exact) mass is 207 g/mol. The minimum absolute atomic E-state index is 0.360. The Morgan fingerprint density at radius 2 is 1.93 bits per heavy atom. The summed E-state index contributed by atoms with van der Waals surface area (Å²) in [5.74, 6) is 0.442. The van der Waals surface area contributed by atoms with E-state index in [-0.39, 0.29) is 6.23 Å². The lowest BCUT2D eigenvalue weighted by Crippen LogP contribution is -2.31. The molecule has 0 heterocycles. The third-order valence-electron chi connectivity index (χ3n) is 2.59. The van der Waals surface area contributed by atoms with E-state index >= 15 is 0 Å². The first-order valence-electron chi connectivity index (χ1n) is 5.70. The lowest BCUT2D eigenvalue weighted by molar-refractivity contribution is 0.125. The molecule has 84 valence electrons. The summed E-state index contributed by atoms with van der Waals surface area (Å²) >= 11 is 0. The molecule has 0 aliphatic carbocycles. The summed E-state index contributed by atoms with van der Waals surface area (Å²) in [6.07, 6.45) is 1.47. The van der Waals surface area contributed by atoms with E-state index in [4.69, 9.17) is 0 Å². The van der Waals surface area contributed by atoms with Crippen molar-refractivity contribution in [1.29, 1.82) is 0 Å². The highest BCUT2D eigenvalue weighted by Gasteiger charge is 2.07. The van der Waals surface area contributed by atoms with Gasteiger partial charge in [-0.2, -0.15) is 0 Å². The number of hydrogen-bond acceptors (Lipinski definition) is 2. The Balaban J connectivity index is 2.33. The van der Waals surface area contributed by atoms with Gasteiger partial charge in [0.15, 0.2) is 0 Å². The second kappa shape index (κ2) is 6.59. The van der Waals surface area contributed by atoms with Crippen LogP contribution in [-0.4, -0.2) is 17.9 Å². The maximum absolute atomic E-state index is 9.53. The minimum atomic E-state index is -0.360. The number of aliphatic hydroxyl groups is 1. The minimum Gasteiger partial charge on any atom is -0.379 e. The van der Waals surface area contributed by atoms with E-state index in [0.29, 0.717) is 5.92 Å². The van der Waals surface area contributed by atoms with Gasteiger partial charge in [0.1, 0.15) is 6.23 Å². The molecule has 1 aromatic rings. The normalized spacial score (nSPS) is 14.9. The third kappa shape index (κ3) is 4.45. The third-order valence-corrected chi connectivity index (χ3v) is 2.59. The van der Waals surface area contributed by atoms with Gasteiger partial charge in [0.25, 0.3) is 0 Å². The van der Waals surface area contributed by atoms with Crippen molar-refractivity contribution in [3.05, 3.63) is 35.9 Å². The quantitative estimate of drug-likeness (QED) is 0.702. The van der Waals surface area contributed by atoms with Crippen LogP contribution in [0.15, 0.2) is 30.3 Å². The molecule has 0 bridgehead atoms. The highest BCUT2D eigenvalue weighted by Crippen LogP contribution is 2.13. The van der Waals surface area contributed by atoms with Crippen LogP contribution in [-0.2, 0) is 0 Å². The number of rotatable bonds is 6. The van der Waals surface area contributed by atoms with Crippen LogP contribution in [0.3, 0.4) is 0 Å². The van der Waals surface area contributed by atoms with Gasteiger partial charge >= 0.3 is 0 Å². The van der Waals surface area contributed by atoms with Gasteiger partial charge < -0.3 is 5.11 Å². The zero-order valence-corrected chi connectivity index (χ0v) is 9.61. The molecule has 0 spiro atoms. The van der Waals surface area contributed by atoms with E-state index in [9.17, 15) is 5.11 Å². The Hall–Kier alpha value is -0.860. The lowest BCUT2D eigenvalue weighted by Gasteiger charge is -2.16. The van der Waals surface area contributed by atoms with Crippen molar-refractivity contribution < 1.29 is 5.11 Å². The number of hydrogen-bond donors (Lipinski definition) is 2. The number of aliphatic hydroxyl groups excluding tert-OH is 1. The predicted molar refractivity (Wildman–Crippen MR) is 63.8 cm³/mol. The maximum Gasteiger partial charge on any atom is 0.104 e. The van der Waals surface area contributed by atoms with E-state index in [1.165, 1.54) is 5.56 Å². The highest BCUT2D eigenvalue weighted by molar-refractivity contribution is 5.18. The number of nitrogens with one attached hydrogen (secondary N) is 1. The highest BCUT2D eigenvalue weighted by atomic mass is 16.3. The Bertz CT molecular complexity index is 260. The van der Waals surface area contributed by atoms with Gasteiger partial charge in [-0.15, -0.1) is 0 Å². The zero-order valence-electron chi connectivity index (χ0n) is 9.61. The largest absolute Gasteiger partial charge is 0.379 e. The van der Waals surface area contributed by atoms with E-state index in [0.717, 1.165) is 19.4 Å². The molecule has 0 radical (unpaired) electrons. The van der Waals surface area contributed by atoms with Gasteiger partial charge in [0.05, 0.1) is 0 Å². The van der Waals surface area contributed by atoms with E-state index in [2.05, 4.69) is 31.3 Å². The second-order valence-electron chi connectivity index (χ2n) is 4.02. The average molecular weight is 207 g/mol. The Kier molecular flexibility index (Phi) is 5.37. The summed E-state index contributed by atoms with van der Waals surface area (Å²) < 4.78 is 0. The van der Waals surface area contributed by atoms with Gasteiger partial charge in [0.2, 0.25) is 0 Å². The van der Waals surface area contributed by atoms with Crippen LogP contribution in [0.1, 0.15) is 38.2 Å². The van der Waals surface area contributed by atoms with Crippen molar-refractivity contribution in [3.63, 3.8) is 0 Å². The fraction of sp³-hybridized carbons (Fsp3) is 0.538. The molecule has 2 unspecified atom stereocenters. The van der Waals surface area contributed by atoms with Crippen LogP contribution in [0, 0.1) is 0 Å². The first-order chi connectivity index (χ1) is 7.24. The molecular formula is C13H21NO. The van der Waals surface area contributed by atoms with Crippen molar-refractivity contribution in [2.24, 2.45) is 0 Å². The molecule has 0 saturated heterocycles. The molecule has 2 N–H and O–H groups in total. The van der Waals surface area contributed by atoms with Crippen LogP contribution in [0.25, 0.3) is 0 Å². The summed E-state index contributed by atoms with van der Waals surface area (Å²) in [5.41, 5.74) is 1.31. The molecule has 0 aliphatic heterocycles. The van der Waals surface area contributed by atoms with Gasteiger partial charge in [-0.25, -0.2) is 0 Å². The molecule has 2 atom stereocenters. The van der Waals surface area contributed by atoms with Crippen molar-refractivity contribution >= 4 is 0 Å². The number of benzene rings is 1. The molecule has 1 rings (SSSR count). The Labute approximate surface area is 92.3 Å². The zero-order chi connectivity index (χ0) is 11.1. The lowest BCUT2D eigenvalue weighted by atomic mass is 10.0. The maximum atomic E-state index is 9.53. The average Bonchev–Trinajstić information content (AvgIpc) is 2.27. The van der Waals surface area contributed by atoms with Crippen LogP contribution in [0.5, 0.6) is 0 Å². The van der Waals surface area contributed by atoms with Gasteiger partial charge in [-0.1, -0.05) is 50.6 Å². The van der Waals surface area contributed by atoms with Gasteiger partial charge in [0, 0.05) is 6.54 Å². The van der Waals surface area contributed by atoms with Crippen molar-refractivity contribution in [2.45, 2.75) is 38.8 Å².